The molecule has 2 aromatic rings. The summed E-state index contributed by atoms with van der Waals surface area (Å²) in [4.78, 5) is 0. The molecular formula is C11H12NP. The molecule has 2 rings (SSSR count). The van der Waals surface area contributed by atoms with Crippen molar-refractivity contribution >= 4 is 8.35 Å². The molecule has 66 valence electrons. The molecule has 0 saturated heterocycles. The largest absolute Gasteiger partial charge is 0.344 e. The van der Waals surface area contributed by atoms with Crippen molar-refractivity contribution in [1.82, 2.24) is 4.75 Å². The van der Waals surface area contributed by atoms with Crippen molar-refractivity contribution in [2.24, 2.45) is 0 Å². The van der Waals surface area contributed by atoms with Crippen LogP contribution in [0.3, 0.4) is 0 Å². The third kappa shape index (κ3) is 1.52. The number of aromatic nitrogens is 1. The van der Waals surface area contributed by atoms with Gasteiger partial charge >= 0.3 is 0 Å². The van der Waals surface area contributed by atoms with Gasteiger partial charge in [-0.15, -0.1) is 0 Å². The molecule has 0 radical (unpaired) electrons. The Kier molecular flexibility index (Phi) is 2.20. The first-order chi connectivity index (χ1) is 6.29. The van der Waals surface area contributed by atoms with Gasteiger partial charge in [0, 0.05) is 19.8 Å². The van der Waals surface area contributed by atoms with Gasteiger partial charge in [-0.1, -0.05) is 24.3 Å². The number of nitrogens with one attached hydrogen (secondary N) is 1. The highest BCUT2D eigenvalue weighted by Gasteiger charge is 2.04. The highest BCUT2D eigenvalue weighted by Crippen LogP contribution is 2.32. The first-order valence-corrected chi connectivity index (χ1v) is 5.25. The van der Waals surface area contributed by atoms with Crippen LogP contribution in [0.25, 0.3) is 10.9 Å². The zero-order valence-corrected chi connectivity index (χ0v) is 8.73. The van der Waals surface area contributed by atoms with Gasteiger partial charge < -0.3 is 4.75 Å². The van der Waals surface area contributed by atoms with Crippen LogP contribution in [-0.2, 0) is 0 Å². The minimum atomic E-state index is 1.21. The fourth-order valence-electron chi connectivity index (χ4n) is 1.46. The van der Waals surface area contributed by atoms with Crippen LogP contribution in [0.1, 0.15) is 11.1 Å². The molecule has 1 nitrogen and oxygen atoms in total. The van der Waals surface area contributed by atoms with Crippen LogP contribution in [0.4, 0.5) is 0 Å². The lowest BCUT2D eigenvalue weighted by Crippen LogP contribution is -1.79. The lowest BCUT2D eigenvalue weighted by Gasteiger charge is -2.02. The third-order valence-electron chi connectivity index (χ3n) is 2.23. The molecule has 1 heterocycles. The molecule has 0 unspecified atom stereocenters. The predicted octanol–water partition coefficient (Wildman–Crippen LogP) is 3.88. The molecule has 0 fully saturated rings. The summed E-state index contributed by atoms with van der Waals surface area (Å²) in [6, 6.07) is 8.51. The molecule has 0 spiro atoms. The zero-order valence-electron chi connectivity index (χ0n) is 7.83. The van der Waals surface area contributed by atoms with Gasteiger partial charge in [-0.05, 0) is 30.5 Å². The van der Waals surface area contributed by atoms with Crippen molar-refractivity contribution in [1.29, 1.82) is 0 Å². The van der Waals surface area contributed by atoms with E-state index in [0.29, 0.717) is 0 Å². The smallest absolute Gasteiger partial charge is 0.0305 e. The summed E-state index contributed by atoms with van der Waals surface area (Å²) in [7, 11) is 1.21. The summed E-state index contributed by atoms with van der Waals surface area (Å²) in [5.74, 6) is 0. The van der Waals surface area contributed by atoms with E-state index in [1.54, 1.807) is 0 Å². The second kappa shape index (κ2) is 3.35. The fraction of sp³-hybridized carbons (Fsp3) is 0.182. The number of benzene rings is 1. The summed E-state index contributed by atoms with van der Waals surface area (Å²) >= 11 is 0. The summed E-state index contributed by atoms with van der Waals surface area (Å²) in [5.41, 5.74) is 4.06. The number of hydrogen-bond acceptors (Lipinski definition) is 0. The van der Waals surface area contributed by atoms with Gasteiger partial charge in [0.05, 0.1) is 0 Å². The Bertz CT molecular complexity index is 418. The molecule has 1 aromatic carbocycles. The monoisotopic (exact) mass is 189 g/mol. The van der Waals surface area contributed by atoms with E-state index in [1.165, 1.54) is 30.3 Å². The standard InChI is InChI=1S/C11H12NP/c1-8-5-3-4-6-10(8)11-9(2)7-12-13-11/h3-7,12H,1-2H3. The molecule has 2 heteroatoms. The molecule has 0 bridgehead atoms. The Balaban J connectivity index is 2.59. The second-order valence-electron chi connectivity index (χ2n) is 3.23. The molecule has 1 N–H and O–H groups in total. The normalized spacial score (nSPS) is 10.9. The maximum atomic E-state index is 3.22. The molecule has 0 atom stereocenters. The van der Waals surface area contributed by atoms with Gasteiger partial charge in [0.25, 0.3) is 0 Å². The Labute approximate surface area is 80.0 Å². The van der Waals surface area contributed by atoms with Crippen LogP contribution in [0.2, 0.25) is 0 Å². The van der Waals surface area contributed by atoms with E-state index in [-0.39, 0.29) is 0 Å². The van der Waals surface area contributed by atoms with Gasteiger partial charge in [-0.2, -0.15) is 0 Å². The lowest BCUT2D eigenvalue weighted by molar-refractivity contribution is 1.43. The van der Waals surface area contributed by atoms with Crippen LogP contribution < -0.4 is 0 Å². The number of rotatable bonds is 1. The van der Waals surface area contributed by atoms with Gasteiger partial charge in [-0.25, -0.2) is 0 Å². The first-order valence-electron chi connectivity index (χ1n) is 4.35. The molecule has 13 heavy (non-hydrogen) atoms. The second-order valence-corrected chi connectivity index (χ2v) is 4.16. The maximum Gasteiger partial charge on any atom is 0.0305 e. The minimum absolute atomic E-state index is 1.21. The number of H-pyrrole nitrogens is 1. The Morgan fingerprint density at radius 2 is 1.85 bits per heavy atom. The van der Waals surface area contributed by atoms with E-state index in [9.17, 15) is 0 Å². The summed E-state index contributed by atoms with van der Waals surface area (Å²) in [6.45, 7) is 4.30. The Morgan fingerprint density at radius 1 is 1.08 bits per heavy atom. The van der Waals surface area contributed by atoms with Gasteiger partial charge in [0.1, 0.15) is 0 Å². The van der Waals surface area contributed by atoms with E-state index in [4.69, 9.17) is 0 Å². The van der Waals surface area contributed by atoms with Crippen LogP contribution >= 0.6 is 8.35 Å². The molecule has 0 saturated carbocycles. The quantitative estimate of drug-likeness (QED) is 0.700. The van der Waals surface area contributed by atoms with E-state index < -0.39 is 0 Å². The average Bonchev–Trinajstić information content (AvgIpc) is 2.52. The number of hydrogen-bond donors (Lipinski definition) is 1. The van der Waals surface area contributed by atoms with Crippen molar-refractivity contribution in [3.8, 4) is 10.9 Å². The van der Waals surface area contributed by atoms with Crippen molar-refractivity contribution in [2.75, 3.05) is 0 Å². The van der Waals surface area contributed by atoms with Gasteiger partial charge in [0.2, 0.25) is 0 Å². The van der Waals surface area contributed by atoms with Crippen molar-refractivity contribution in [3.05, 3.63) is 41.6 Å². The van der Waals surface area contributed by atoms with E-state index >= 15 is 0 Å². The van der Waals surface area contributed by atoms with Crippen molar-refractivity contribution < 1.29 is 0 Å². The number of aryl methyl sites for hydroxylation is 2. The fourth-order valence-corrected chi connectivity index (χ4v) is 2.46. The van der Waals surface area contributed by atoms with E-state index in [2.05, 4.69) is 49.1 Å². The van der Waals surface area contributed by atoms with Crippen molar-refractivity contribution in [3.63, 3.8) is 0 Å². The average molecular weight is 189 g/mol. The van der Waals surface area contributed by atoms with Gasteiger partial charge in [-0.3, -0.25) is 0 Å². The zero-order chi connectivity index (χ0) is 9.26. The van der Waals surface area contributed by atoms with E-state index in [1.807, 2.05) is 0 Å². The summed E-state index contributed by atoms with van der Waals surface area (Å²) in [5, 5.41) is 1.40. The summed E-state index contributed by atoms with van der Waals surface area (Å²) < 4.78 is 3.22. The van der Waals surface area contributed by atoms with Crippen molar-refractivity contribution in [2.45, 2.75) is 13.8 Å². The topological polar surface area (TPSA) is 15.8 Å². The van der Waals surface area contributed by atoms with Gasteiger partial charge in [0.15, 0.2) is 0 Å². The predicted molar refractivity (Wildman–Crippen MR) is 58.2 cm³/mol. The van der Waals surface area contributed by atoms with Crippen LogP contribution in [0.15, 0.2) is 30.5 Å². The SMILES string of the molecule is Cc1ccccc1-c1p[nH]cc1C. The van der Waals surface area contributed by atoms with Crippen LogP contribution in [-0.4, -0.2) is 4.75 Å². The molecule has 0 aliphatic heterocycles. The van der Waals surface area contributed by atoms with E-state index in [0.717, 1.165) is 0 Å². The highest BCUT2D eigenvalue weighted by molar-refractivity contribution is 7.29. The first kappa shape index (κ1) is 8.52. The van der Waals surface area contributed by atoms with Crippen LogP contribution in [0, 0.1) is 13.8 Å². The lowest BCUT2D eigenvalue weighted by atomic mass is 10.1. The molecular weight excluding hydrogens is 177 g/mol. The molecule has 1 aromatic heterocycles. The molecule has 0 aliphatic rings. The maximum absolute atomic E-state index is 3.22. The summed E-state index contributed by atoms with van der Waals surface area (Å²) in [6.07, 6.45) is 2.07. The third-order valence-corrected chi connectivity index (χ3v) is 3.31. The Hall–Kier alpha value is -1.07. The Morgan fingerprint density at radius 3 is 2.46 bits per heavy atom. The minimum Gasteiger partial charge on any atom is -0.344 e. The molecule has 0 amide bonds. The highest BCUT2D eigenvalue weighted by atomic mass is 31.0. The number of aromatic amines is 1. The molecule has 0 aliphatic carbocycles. The van der Waals surface area contributed by atoms with Crippen LogP contribution in [0.5, 0.6) is 0 Å².